The Balaban J connectivity index is 0.000000227. The quantitative estimate of drug-likeness (QED) is 0.156. The molecule has 300 valence electrons. The third-order valence-electron chi connectivity index (χ3n) is 7.77. The van der Waals surface area contributed by atoms with Crippen molar-refractivity contribution in [1.82, 2.24) is 51.2 Å². The van der Waals surface area contributed by atoms with Gasteiger partial charge in [-0.1, -0.05) is 32.6 Å². The number of rotatable bonds is 11. The van der Waals surface area contributed by atoms with Crippen LogP contribution in [0.2, 0.25) is 0 Å². The van der Waals surface area contributed by atoms with Crippen LogP contribution in [0, 0.1) is 0 Å². The fourth-order valence-corrected chi connectivity index (χ4v) is 5.00. The maximum Gasteiger partial charge on any atom is 0.414 e. The van der Waals surface area contributed by atoms with E-state index in [2.05, 4.69) is 76.9 Å². The van der Waals surface area contributed by atoms with Crippen molar-refractivity contribution in [2.24, 2.45) is 10.2 Å². The van der Waals surface area contributed by atoms with Crippen molar-refractivity contribution in [3.05, 3.63) is 121 Å². The summed E-state index contributed by atoms with van der Waals surface area (Å²) in [5.41, 5.74) is 10.8. The molecule has 2 aliphatic heterocycles. The van der Waals surface area contributed by atoms with Gasteiger partial charge in [-0.2, -0.15) is 19.8 Å². The summed E-state index contributed by atoms with van der Waals surface area (Å²) in [7, 11) is 0. The van der Waals surface area contributed by atoms with Gasteiger partial charge >= 0.3 is 12.2 Å². The Morgan fingerprint density at radius 3 is 2.00 bits per heavy atom. The highest BCUT2D eigenvalue weighted by molar-refractivity contribution is 6.05. The highest BCUT2D eigenvalue weighted by atomic mass is 16.6. The standard InChI is InChI=1S/C20H23N7O3.C15H10N4O.C4H11N.CO2/c1-4-27(5-2)20(28)30-14(3)13-29-16-10-8-12-22-17(16)19-25-23-18(24-26-19)15-9-6-7-11-21-15;1-2-6-16-11(4-1)12-8-10-9-20-13-5-3-7-17-15(13)14(10)19-18-12;1-3-5-4-2;2-1-3/h6-12H,3-5,13H2,1-2H3,(H,23,24)(H,25,26);1-8H,9H2;5H,3-4H2,1-2H3;. The molecule has 0 spiro atoms. The number of ether oxygens (including phenoxy) is 3. The van der Waals surface area contributed by atoms with Gasteiger partial charge in [0.2, 0.25) is 0 Å². The summed E-state index contributed by atoms with van der Waals surface area (Å²) in [5.74, 6) is 2.22. The number of amidine groups is 2. The van der Waals surface area contributed by atoms with Gasteiger partial charge in [-0.05, 0) is 81.5 Å². The Hall–Kier alpha value is -7.43. The zero-order chi connectivity index (χ0) is 41.5. The second-order valence-electron chi connectivity index (χ2n) is 11.6. The molecule has 7 rings (SSSR count). The van der Waals surface area contributed by atoms with E-state index in [1.54, 1.807) is 41.8 Å². The van der Waals surface area contributed by atoms with Crippen LogP contribution in [0.4, 0.5) is 4.79 Å². The monoisotopic (exact) mass is 788 g/mol. The SMILES string of the molecule is C=C(COc1cccnc1C1=NNC(c2ccccn2)=NN1)OC(=O)N(CC)CC.CCNCC.O=C=O.c1ccc(-c2cc3c(nn2)-c2ncccc2OC3)nc1. The molecular weight excluding hydrogens is 745 g/mol. The molecule has 0 aliphatic carbocycles. The van der Waals surface area contributed by atoms with Crippen molar-refractivity contribution >= 4 is 23.9 Å². The molecular formula is C40H44N12O6. The van der Waals surface area contributed by atoms with E-state index in [1.165, 1.54) is 0 Å². The second-order valence-corrected chi connectivity index (χ2v) is 11.6. The number of fused-ring (bicyclic) bond motifs is 3. The van der Waals surface area contributed by atoms with Gasteiger partial charge in [-0.15, -0.1) is 10.2 Å². The first-order valence-corrected chi connectivity index (χ1v) is 18.2. The molecule has 18 heteroatoms. The number of amides is 1. The van der Waals surface area contributed by atoms with E-state index >= 15 is 0 Å². The highest BCUT2D eigenvalue weighted by Crippen LogP contribution is 2.34. The van der Waals surface area contributed by atoms with Crippen LogP contribution in [0.15, 0.2) is 114 Å². The first-order valence-electron chi connectivity index (χ1n) is 18.2. The predicted octanol–water partition coefficient (Wildman–Crippen LogP) is 4.59. The summed E-state index contributed by atoms with van der Waals surface area (Å²) in [6.45, 7) is 15.4. The van der Waals surface area contributed by atoms with Crippen LogP contribution < -0.4 is 25.6 Å². The topological polar surface area (TPSA) is 220 Å². The van der Waals surface area contributed by atoms with Crippen LogP contribution in [-0.4, -0.2) is 91.7 Å². The maximum atomic E-state index is 12.0. The Morgan fingerprint density at radius 1 is 0.776 bits per heavy atom. The lowest BCUT2D eigenvalue weighted by atomic mass is 10.1. The molecule has 0 fully saturated rings. The molecule has 5 aromatic rings. The van der Waals surface area contributed by atoms with Gasteiger partial charge in [0.05, 0.1) is 5.69 Å². The molecule has 58 heavy (non-hydrogen) atoms. The molecule has 7 heterocycles. The summed E-state index contributed by atoms with van der Waals surface area (Å²) in [5, 5.41) is 20.2. The fraction of sp³-hybridized carbons (Fsp3) is 0.250. The van der Waals surface area contributed by atoms with E-state index < -0.39 is 6.09 Å². The number of nitrogens with one attached hydrogen (secondary N) is 3. The molecule has 1 amide bonds. The summed E-state index contributed by atoms with van der Waals surface area (Å²) in [4.78, 5) is 46.9. The van der Waals surface area contributed by atoms with Crippen molar-refractivity contribution in [1.29, 1.82) is 0 Å². The Bertz CT molecular complexity index is 2180. The summed E-state index contributed by atoms with van der Waals surface area (Å²) in [6, 6.07) is 20.3. The van der Waals surface area contributed by atoms with Crippen LogP contribution >= 0.6 is 0 Å². The molecule has 0 bridgehead atoms. The van der Waals surface area contributed by atoms with Crippen LogP contribution in [0.1, 0.15) is 44.6 Å². The van der Waals surface area contributed by atoms with E-state index in [1.807, 2.05) is 68.4 Å². The zero-order valence-corrected chi connectivity index (χ0v) is 32.6. The van der Waals surface area contributed by atoms with Gasteiger partial charge in [-0.3, -0.25) is 25.8 Å². The highest BCUT2D eigenvalue weighted by Gasteiger charge is 2.22. The first-order chi connectivity index (χ1) is 28.4. The molecule has 2 aliphatic rings. The molecule has 0 unspecified atom stereocenters. The lowest BCUT2D eigenvalue weighted by Crippen LogP contribution is -2.35. The number of carbonyl (C=O) groups is 1. The summed E-state index contributed by atoms with van der Waals surface area (Å²) < 4.78 is 16.7. The summed E-state index contributed by atoms with van der Waals surface area (Å²) >= 11 is 0. The van der Waals surface area contributed by atoms with Gasteiger partial charge in [0.15, 0.2) is 17.4 Å². The van der Waals surface area contributed by atoms with E-state index in [9.17, 15) is 4.79 Å². The molecule has 0 saturated heterocycles. The molecule has 18 nitrogen and oxygen atoms in total. The van der Waals surface area contributed by atoms with Gasteiger partial charge in [0.1, 0.15) is 53.2 Å². The average Bonchev–Trinajstić information content (AvgIpc) is 3.27. The van der Waals surface area contributed by atoms with Crippen molar-refractivity contribution < 1.29 is 28.6 Å². The minimum Gasteiger partial charge on any atom is -0.486 e. The molecule has 0 saturated carbocycles. The van der Waals surface area contributed by atoms with Gasteiger partial charge in [0, 0.05) is 43.4 Å². The Kier molecular flexibility index (Phi) is 17.5. The predicted molar refractivity (Wildman–Crippen MR) is 214 cm³/mol. The summed E-state index contributed by atoms with van der Waals surface area (Å²) in [6.07, 6.45) is 6.54. The lowest BCUT2D eigenvalue weighted by Gasteiger charge is -2.19. The molecule has 3 N–H and O–H groups in total. The van der Waals surface area contributed by atoms with Gasteiger partial charge < -0.3 is 24.4 Å². The zero-order valence-electron chi connectivity index (χ0n) is 32.6. The van der Waals surface area contributed by atoms with Crippen molar-refractivity contribution in [3.63, 3.8) is 0 Å². The second kappa shape index (κ2) is 23.5. The molecule has 0 aromatic carbocycles. The number of hydrazone groups is 2. The van der Waals surface area contributed by atoms with E-state index in [0.29, 0.717) is 48.5 Å². The lowest BCUT2D eigenvalue weighted by molar-refractivity contribution is -0.191. The van der Waals surface area contributed by atoms with Crippen molar-refractivity contribution in [3.8, 4) is 34.3 Å². The fourth-order valence-electron chi connectivity index (χ4n) is 5.00. The largest absolute Gasteiger partial charge is 0.486 e. The maximum absolute atomic E-state index is 12.0. The van der Waals surface area contributed by atoms with Crippen molar-refractivity contribution in [2.45, 2.75) is 34.3 Å². The molecule has 5 aromatic heterocycles. The smallest absolute Gasteiger partial charge is 0.414 e. The normalized spacial score (nSPS) is 11.6. The first kappa shape index (κ1) is 43.3. The Labute approximate surface area is 335 Å². The number of nitrogens with zero attached hydrogens (tertiary/aromatic N) is 9. The number of hydrogen-bond donors (Lipinski definition) is 3. The van der Waals surface area contributed by atoms with E-state index in [0.717, 1.165) is 47.2 Å². The van der Waals surface area contributed by atoms with E-state index in [4.69, 9.17) is 23.8 Å². The van der Waals surface area contributed by atoms with Crippen LogP contribution in [0.25, 0.3) is 22.8 Å². The van der Waals surface area contributed by atoms with Crippen LogP contribution in [0.3, 0.4) is 0 Å². The number of hydrogen-bond acceptors (Lipinski definition) is 17. The van der Waals surface area contributed by atoms with Crippen LogP contribution in [0.5, 0.6) is 11.5 Å². The van der Waals surface area contributed by atoms with Gasteiger partial charge in [0.25, 0.3) is 0 Å². The minimum absolute atomic E-state index is 0.0190. The van der Waals surface area contributed by atoms with Crippen LogP contribution in [-0.2, 0) is 20.9 Å². The van der Waals surface area contributed by atoms with E-state index in [-0.39, 0.29) is 18.5 Å². The third-order valence-corrected chi connectivity index (χ3v) is 7.77. The molecule has 0 atom stereocenters. The number of pyridine rings is 4. The Morgan fingerprint density at radius 2 is 1.40 bits per heavy atom. The van der Waals surface area contributed by atoms with Gasteiger partial charge in [-0.25, -0.2) is 9.78 Å². The third kappa shape index (κ3) is 12.6. The van der Waals surface area contributed by atoms with Crippen molar-refractivity contribution in [2.75, 3.05) is 32.8 Å². The molecule has 0 radical (unpaired) electrons. The number of carbonyl (C=O) groups excluding carboxylic acids is 3. The minimum atomic E-state index is -0.459. The average molecular weight is 789 g/mol. The number of aromatic nitrogens is 6.